The highest BCUT2D eigenvalue weighted by atomic mass is 32.2. The number of rotatable bonds is 5. The van der Waals surface area contributed by atoms with Crippen molar-refractivity contribution in [1.29, 1.82) is 0 Å². The van der Waals surface area contributed by atoms with Gasteiger partial charge in [0.1, 0.15) is 0 Å². The van der Waals surface area contributed by atoms with Gasteiger partial charge in [0.2, 0.25) is 10.0 Å². The van der Waals surface area contributed by atoms with Crippen LogP contribution in [0.1, 0.15) is 37.3 Å². The second kappa shape index (κ2) is 6.34. The number of nitrogens with two attached hydrogens (primary N) is 1. The highest BCUT2D eigenvalue weighted by molar-refractivity contribution is 7.89. The summed E-state index contributed by atoms with van der Waals surface area (Å²) in [6.07, 6.45) is 3.41. The molecule has 0 heterocycles. The Morgan fingerprint density at radius 1 is 1.24 bits per heavy atom. The first-order chi connectivity index (χ1) is 9.83. The van der Waals surface area contributed by atoms with E-state index in [0.29, 0.717) is 40.1 Å². The van der Waals surface area contributed by atoms with Crippen molar-refractivity contribution in [2.24, 2.45) is 17.7 Å². The normalized spacial score (nSPS) is 22.5. The zero-order valence-corrected chi connectivity index (χ0v) is 13.8. The van der Waals surface area contributed by atoms with E-state index in [2.05, 4.69) is 17.1 Å². The fraction of sp³-hybridized carbons (Fsp3) is 0.600. The van der Waals surface area contributed by atoms with Gasteiger partial charge in [-0.05, 0) is 61.8 Å². The smallest absolute Gasteiger partial charge is 0.241 e. The van der Waals surface area contributed by atoms with Gasteiger partial charge < -0.3 is 5.43 Å². The predicted octanol–water partition coefficient (Wildman–Crippen LogP) is 2.30. The number of hydrazine groups is 1. The molecule has 1 aromatic rings. The van der Waals surface area contributed by atoms with Gasteiger partial charge in [0.25, 0.3) is 0 Å². The van der Waals surface area contributed by atoms with Gasteiger partial charge in [0.05, 0.1) is 4.90 Å². The first kappa shape index (κ1) is 16.3. The van der Waals surface area contributed by atoms with Gasteiger partial charge >= 0.3 is 0 Å². The minimum absolute atomic E-state index is 0.368. The van der Waals surface area contributed by atoms with Crippen LogP contribution in [0.4, 0.5) is 5.69 Å². The van der Waals surface area contributed by atoms with Crippen molar-refractivity contribution in [2.75, 3.05) is 12.0 Å². The lowest BCUT2D eigenvalue weighted by Gasteiger charge is -2.16. The second-order valence-corrected chi connectivity index (χ2v) is 7.92. The third kappa shape index (κ3) is 3.75. The Hall–Kier alpha value is -1.11. The van der Waals surface area contributed by atoms with E-state index in [4.69, 9.17) is 5.84 Å². The Morgan fingerprint density at radius 2 is 1.86 bits per heavy atom. The second-order valence-electron chi connectivity index (χ2n) is 6.22. The summed E-state index contributed by atoms with van der Waals surface area (Å²) in [5.74, 6) is 6.55. The van der Waals surface area contributed by atoms with Crippen LogP contribution in [0.15, 0.2) is 17.0 Å². The van der Waals surface area contributed by atoms with E-state index >= 15 is 0 Å². The molecule has 6 heteroatoms. The Balaban J connectivity index is 2.16. The Bertz CT molecular complexity index is 590. The highest BCUT2D eigenvalue weighted by Gasteiger charge is 2.25. The minimum atomic E-state index is -3.47. The molecule has 1 aliphatic rings. The lowest BCUT2D eigenvalue weighted by molar-refractivity contribution is 0.498. The molecule has 0 radical (unpaired) electrons. The molecule has 0 amide bonds. The summed E-state index contributed by atoms with van der Waals surface area (Å²) in [7, 11) is -3.47. The Labute approximate surface area is 127 Å². The molecule has 118 valence electrons. The van der Waals surface area contributed by atoms with Crippen LogP contribution in [0.3, 0.4) is 0 Å². The lowest BCUT2D eigenvalue weighted by Crippen LogP contribution is -2.29. The molecule has 1 saturated carbocycles. The molecular formula is C15H25N3O2S. The average Bonchev–Trinajstić information content (AvgIpc) is 2.81. The van der Waals surface area contributed by atoms with Gasteiger partial charge in [-0.2, -0.15) is 0 Å². The zero-order valence-electron chi connectivity index (χ0n) is 12.9. The highest BCUT2D eigenvalue weighted by Crippen LogP contribution is 2.30. The summed E-state index contributed by atoms with van der Waals surface area (Å²) in [5.41, 5.74) is 4.68. The molecule has 2 atom stereocenters. The van der Waals surface area contributed by atoms with Gasteiger partial charge in [-0.15, -0.1) is 0 Å². The molecule has 4 N–H and O–H groups in total. The van der Waals surface area contributed by atoms with Crippen molar-refractivity contribution in [3.8, 4) is 0 Å². The molecule has 2 rings (SSSR count). The van der Waals surface area contributed by atoms with Crippen molar-refractivity contribution in [1.82, 2.24) is 4.72 Å². The number of nitrogen functional groups attached to an aromatic ring is 1. The third-order valence-corrected chi connectivity index (χ3v) is 5.99. The predicted molar refractivity (Wildman–Crippen MR) is 85.4 cm³/mol. The molecule has 2 unspecified atom stereocenters. The fourth-order valence-corrected chi connectivity index (χ4v) is 4.83. The summed E-state index contributed by atoms with van der Waals surface area (Å²) in [6.45, 7) is 6.34. The number of nitrogens with one attached hydrogen (secondary N) is 2. The molecule has 1 fully saturated rings. The fourth-order valence-electron chi connectivity index (χ4n) is 3.27. The molecule has 0 aromatic heterocycles. The quantitative estimate of drug-likeness (QED) is 0.575. The van der Waals surface area contributed by atoms with Crippen LogP contribution < -0.4 is 16.0 Å². The van der Waals surface area contributed by atoms with E-state index in [0.717, 1.165) is 12.8 Å². The molecule has 21 heavy (non-hydrogen) atoms. The summed E-state index contributed by atoms with van der Waals surface area (Å²) in [5, 5.41) is 0. The van der Waals surface area contributed by atoms with Gasteiger partial charge in [-0.3, -0.25) is 5.84 Å². The van der Waals surface area contributed by atoms with E-state index in [9.17, 15) is 8.42 Å². The van der Waals surface area contributed by atoms with Gasteiger partial charge in [0.15, 0.2) is 0 Å². The number of sulfonamides is 1. The molecule has 0 bridgehead atoms. The number of hydrogen-bond donors (Lipinski definition) is 3. The van der Waals surface area contributed by atoms with Crippen molar-refractivity contribution in [3.63, 3.8) is 0 Å². The summed E-state index contributed by atoms with van der Waals surface area (Å²) in [6, 6.07) is 3.50. The number of aryl methyl sites for hydroxylation is 2. The Kier molecular flexibility index (Phi) is 4.91. The molecule has 5 nitrogen and oxygen atoms in total. The van der Waals surface area contributed by atoms with Crippen LogP contribution in [0.25, 0.3) is 0 Å². The molecule has 1 aliphatic carbocycles. The Morgan fingerprint density at radius 3 is 2.33 bits per heavy atom. The SMILES string of the molecule is Cc1cc(NN)cc(C)c1S(=O)(=O)NCC1CCC(C)C1. The monoisotopic (exact) mass is 311 g/mol. The summed E-state index contributed by atoms with van der Waals surface area (Å²) < 4.78 is 27.9. The lowest BCUT2D eigenvalue weighted by atomic mass is 10.1. The topological polar surface area (TPSA) is 84.2 Å². The van der Waals surface area contributed by atoms with Crippen molar-refractivity contribution in [2.45, 2.75) is 44.9 Å². The van der Waals surface area contributed by atoms with Crippen LogP contribution in [0.2, 0.25) is 0 Å². The first-order valence-corrected chi connectivity index (χ1v) is 8.89. The van der Waals surface area contributed by atoms with E-state index in [1.807, 2.05) is 0 Å². The van der Waals surface area contributed by atoms with E-state index in [1.165, 1.54) is 6.42 Å². The van der Waals surface area contributed by atoms with Crippen molar-refractivity contribution in [3.05, 3.63) is 23.3 Å². The van der Waals surface area contributed by atoms with Gasteiger partial charge in [-0.25, -0.2) is 13.1 Å². The molecule has 0 aliphatic heterocycles. The van der Waals surface area contributed by atoms with E-state index < -0.39 is 10.0 Å². The van der Waals surface area contributed by atoms with E-state index in [1.54, 1.807) is 26.0 Å². The largest absolute Gasteiger partial charge is 0.324 e. The maximum Gasteiger partial charge on any atom is 0.241 e. The van der Waals surface area contributed by atoms with Crippen LogP contribution in [-0.4, -0.2) is 15.0 Å². The number of anilines is 1. The van der Waals surface area contributed by atoms with Crippen molar-refractivity contribution < 1.29 is 8.42 Å². The van der Waals surface area contributed by atoms with Crippen LogP contribution in [0, 0.1) is 25.7 Å². The van der Waals surface area contributed by atoms with Gasteiger partial charge in [0, 0.05) is 12.2 Å². The summed E-state index contributed by atoms with van der Waals surface area (Å²) >= 11 is 0. The zero-order chi connectivity index (χ0) is 15.6. The molecular weight excluding hydrogens is 286 g/mol. The molecule has 1 aromatic carbocycles. The van der Waals surface area contributed by atoms with Crippen LogP contribution in [-0.2, 0) is 10.0 Å². The number of benzene rings is 1. The van der Waals surface area contributed by atoms with Crippen LogP contribution >= 0.6 is 0 Å². The van der Waals surface area contributed by atoms with Crippen LogP contribution in [0.5, 0.6) is 0 Å². The minimum Gasteiger partial charge on any atom is -0.324 e. The maximum atomic E-state index is 12.5. The first-order valence-electron chi connectivity index (χ1n) is 7.41. The van der Waals surface area contributed by atoms with Crippen molar-refractivity contribution >= 4 is 15.7 Å². The molecule has 0 saturated heterocycles. The number of hydrogen-bond acceptors (Lipinski definition) is 4. The standard InChI is InChI=1S/C15H25N3O2S/c1-10-4-5-13(6-10)9-17-21(19,20)15-11(2)7-14(18-16)8-12(15)3/h7-8,10,13,17-18H,4-6,9,16H2,1-3H3. The van der Waals surface area contributed by atoms with E-state index in [-0.39, 0.29) is 0 Å². The average molecular weight is 311 g/mol. The summed E-state index contributed by atoms with van der Waals surface area (Å²) in [4.78, 5) is 0.368. The molecule has 0 spiro atoms. The maximum absolute atomic E-state index is 12.5. The van der Waals surface area contributed by atoms with Gasteiger partial charge in [-0.1, -0.05) is 13.3 Å². The third-order valence-electron chi connectivity index (χ3n) is 4.26.